The summed E-state index contributed by atoms with van der Waals surface area (Å²) in [6, 6.07) is 0. The second-order valence-corrected chi connectivity index (χ2v) is 5.49. The van der Waals surface area contributed by atoms with Crippen LogP contribution in [0.1, 0.15) is 6.92 Å². The fourth-order valence-corrected chi connectivity index (χ4v) is 2.48. The summed E-state index contributed by atoms with van der Waals surface area (Å²) in [5.74, 6) is -1.39. The molecule has 2 heterocycles. The van der Waals surface area contributed by atoms with Gasteiger partial charge in [-0.1, -0.05) is 6.92 Å². The third-order valence-electron chi connectivity index (χ3n) is 3.18. The number of hydrogen-bond acceptors (Lipinski definition) is 3. The van der Waals surface area contributed by atoms with Crippen LogP contribution in [0.3, 0.4) is 0 Å². The molecule has 7 heteroatoms. The molecule has 0 bridgehead atoms. The minimum atomic E-state index is -0.834. The van der Waals surface area contributed by atoms with Crippen molar-refractivity contribution in [3.63, 3.8) is 0 Å². The first-order valence-electron chi connectivity index (χ1n) is 5.66. The van der Waals surface area contributed by atoms with Gasteiger partial charge in [0.25, 0.3) is 0 Å². The molecule has 1 aromatic heterocycles. The minimum absolute atomic E-state index is 0.00388. The number of hydrogen-bond donors (Lipinski definition) is 1. The Hall–Kier alpha value is -1.37. The SMILES string of the molecule is C[C@@H]1CN(C(=O)Cn2cc(Br)cn2)C[C@H]1C(=O)O. The quantitative estimate of drug-likeness (QED) is 0.896. The highest BCUT2D eigenvalue weighted by Gasteiger charge is 2.36. The lowest BCUT2D eigenvalue weighted by Gasteiger charge is -2.15. The van der Waals surface area contributed by atoms with Gasteiger partial charge in [-0.3, -0.25) is 14.3 Å². The molecule has 98 valence electrons. The highest BCUT2D eigenvalue weighted by atomic mass is 79.9. The predicted molar refractivity (Wildman–Crippen MR) is 66.8 cm³/mol. The Morgan fingerprint density at radius 2 is 2.28 bits per heavy atom. The average Bonchev–Trinajstić information content (AvgIpc) is 2.85. The van der Waals surface area contributed by atoms with Crippen LogP contribution in [0.15, 0.2) is 16.9 Å². The van der Waals surface area contributed by atoms with Crippen molar-refractivity contribution < 1.29 is 14.7 Å². The topological polar surface area (TPSA) is 75.4 Å². The van der Waals surface area contributed by atoms with E-state index in [0.29, 0.717) is 6.54 Å². The zero-order valence-corrected chi connectivity index (χ0v) is 11.5. The first-order chi connectivity index (χ1) is 8.47. The molecule has 0 unspecified atom stereocenters. The van der Waals surface area contributed by atoms with E-state index < -0.39 is 11.9 Å². The van der Waals surface area contributed by atoms with E-state index in [4.69, 9.17) is 5.11 Å². The van der Waals surface area contributed by atoms with E-state index in [1.807, 2.05) is 6.92 Å². The molecule has 1 N–H and O–H groups in total. The third-order valence-corrected chi connectivity index (χ3v) is 3.59. The Labute approximate surface area is 113 Å². The van der Waals surface area contributed by atoms with E-state index in [2.05, 4.69) is 21.0 Å². The summed E-state index contributed by atoms with van der Waals surface area (Å²) in [5.41, 5.74) is 0. The first-order valence-corrected chi connectivity index (χ1v) is 6.45. The molecule has 18 heavy (non-hydrogen) atoms. The van der Waals surface area contributed by atoms with Crippen molar-refractivity contribution in [3.05, 3.63) is 16.9 Å². The number of carboxylic acids is 1. The number of nitrogens with zero attached hydrogens (tertiary/aromatic N) is 3. The van der Waals surface area contributed by atoms with E-state index in [9.17, 15) is 9.59 Å². The molecule has 1 aliphatic heterocycles. The van der Waals surface area contributed by atoms with E-state index >= 15 is 0 Å². The number of carboxylic acid groups (broad SMARTS) is 1. The number of rotatable bonds is 3. The number of aliphatic carboxylic acids is 1. The summed E-state index contributed by atoms with van der Waals surface area (Å²) in [6.45, 7) is 2.79. The minimum Gasteiger partial charge on any atom is -0.481 e. The molecule has 1 amide bonds. The van der Waals surface area contributed by atoms with Crippen molar-refractivity contribution in [1.82, 2.24) is 14.7 Å². The zero-order valence-electron chi connectivity index (χ0n) is 9.91. The van der Waals surface area contributed by atoms with Crippen molar-refractivity contribution >= 4 is 27.8 Å². The maximum Gasteiger partial charge on any atom is 0.308 e. The zero-order chi connectivity index (χ0) is 13.3. The van der Waals surface area contributed by atoms with Gasteiger partial charge in [-0.15, -0.1) is 0 Å². The van der Waals surface area contributed by atoms with Crippen LogP contribution in [0.4, 0.5) is 0 Å². The third kappa shape index (κ3) is 2.72. The molecule has 0 radical (unpaired) electrons. The van der Waals surface area contributed by atoms with E-state index in [0.717, 1.165) is 4.47 Å². The number of aromatic nitrogens is 2. The van der Waals surface area contributed by atoms with Gasteiger partial charge < -0.3 is 10.0 Å². The number of halogens is 1. The van der Waals surface area contributed by atoms with Crippen molar-refractivity contribution in [2.45, 2.75) is 13.5 Å². The van der Waals surface area contributed by atoms with Gasteiger partial charge in [-0.2, -0.15) is 5.10 Å². The van der Waals surface area contributed by atoms with E-state index in [-0.39, 0.29) is 24.9 Å². The summed E-state index contributed by atoms with van der Waals surface area (Å²) in [4.78, 5) is 24.6. The molecule has 1 aromatic rings. The van der Waals surface area contributed by atoms with E-state index in [1.165, 1.54) is 4.68 Å². The summed E-state index contributed by atoms with van der Waals surface area (Å²) in [7, 11) is 0. The van der Waals surface area contributed by atoms with Gasteiger partial charge >= 0.3 is 5.97 Å². The van der Waals surface area contributed by atoms with Crippen molar-refractivity contribution in [2.24, 2.45) is 11.8 Å². The van der Waals surface area contributed by atoms with Gasteiger partial charge in [0.05, 0.1) is 16.6 Å². The Morgan fingerprint density at radius 1 is 1.56 bits per heavy atom. The maximum absolute atomic E-state index is 12.0. The Kier molecular flexibility index (Phi) is 3.70. The smallest absolute Gasteiger partial charge is 0.308 e. The number of likely N-dealkylation sites (tertiary alicyclic amines) is 1. The van der Waals surface area contributed by atoms with Crippen molar-refractivity contribution in [2.75, 3.05) is 13.1 Å². The van der Waals surface area contributed by atoms with Gasteiger partial charge in [0.15, 0.2) is 0 Å². The van der Waals surface area contributed by atoms with Crippen molar-refractivity contribution in [3.8, 4) is 0 Å². The molecule has 0 aliphatic carbocycles. The van der Waals surface area contributed by atoms with Crippen LogP contribution in [0.25, 0.3) is 0 Å². The molecular formula is C11H14BrN3O3. The number of carbonyl (C=O) groups excluding carboxylic acids is 1. The predicted octanol–water partition coefficient (Wildman–Crippen LogP) is 0.825. The molecule has 1 fully saturated rings. The molecule has 0 spiro atoms. The van der Waals surface area contributed by atoms with Crippen LogP contribution in [0.2, 0.25) is 0 Å². The second-order valence-electron chi connectivity index (χ2n) is 4.58. The van der Waals surface area contributed by atoms with Crippen LogP contribution < -0.4 is 0 Å². The van der Waals surface area contributed by atoms with Crippen LogP contribution >= 0.6 is 15.9 Å². The second kappa shape index (κ2) is 5.09. The maximum atomic E-state index is 12.0. The molecule has 0 aromatic carbocycles. The highest BCUT2D eigenvalue weighted by molar-refractivity contribution is 9.10. The van der Waals surface area contributed by atoms with Gasteiger partial charge in [0.2, 0.25) is 5.91 Å². The molecule has 2 rings (SSSR count). The van der Waals surface area contributed by atoms with Gasteiger partial charge in [-0.05, 0) is 21.8 Å². The van der Waals surface area contributed by atoms with Crippen LogP contribution in [0.5, 0.6) is 0 Å². The lowest BCUT2D eigenvalue weighted by atomic mass is 9.99. The molecule has 2 atom stereocenters. The Bertz CT molecular complexity index is 474. The van der Waals surface area contributed by atoms with E-state index in [1.54, 1.807) is 17.3 Å². The fourth-order valence-electron chi connectivity index (χ4n) is 2.16. The summed E-state index contributed by atoms with van der Waals surface area (Å²) < 4.78 is 2.35. The van der Waals surface area contributed by atoms with Gasteiger partial charge in [0.1, 0.15) is 6.54 Å². The van der Waals surface area contributed by atoms with Crippen LogP contribution in [-0.2, 0) is 16.1 Å². The lowest BCUT2D eigenvalue weighted by molar-refractivity contribution is -0.142. The van der Waals surface area contributed by atoms with Crippen molar-refractivity contribution in [1.29, 1.82) is 0 Å². The monoisotopic (exact) mass is 315 g/mol. The highest BCUT2D eigenvalue weighted by Crippen LogP contribution is 2.23. The molecule has 1 saturated heterocycles. The normalized spacial score (nSPS) is 23.3. The first kappa shape index (κ1) is 13.1. The van der Waals surface area contributed by atoms with Gasteiger partial charge in [-0.25, -0.2) is 0 Å². The average molecular weight is 316 g/mol. The summed E-state index contributed by atoms with van der Waals surface area (Å²) in [6.07, 6.45) is 3.33. The Balaban J connectivity index is 1.97. The lowest BCUT2D eigenvalue weighted by Crippen LogP contribution is -2.32. The summed E-state index contributed by atoms with van der Waals surface area (Å²) >= 11 is 3.26. The molecule has 1 aliphatic rings. The molecule has 0 saturated carbocycles. The largest absolute Gasteiger partial charge is 0.481 e. The van der Waals surface area contributed by atoms with Crippen LogP contribution in [-0.4, -0.2) is 44.8 Å². The Morgan fingerprint density at radius 3 is 2.78 bits per heavy atom. The molecular weight excluding hydrogens is 302 g/mol. The molecule has 6 nitrogen and oxygen atoms in total. The number of carbonyl (C=O) groups is 2. The number of amides is 1. The fraction of sp³-hybridized carbons (Fsp3) is 0.545. The summed E-state index contributed by atoms with van der Waals surface area (Å²) in [5, 5.41) is 13.0. The van der Waals surface area contributed by atoms with Gasteiger partial charge in [0, 0.05) is 19.3 Å². The van der Waals surface area contributed by atoms with Crippen LogP contribution in [0, 0.1) is 11.8 Å². The standard InChI is InChI=1S/C11H14BrN3O3/c1-7-3-14(5-9(7)11(17)18)10(16)6-15-4-8(12)2-13-15/h2,4,7,9H,3,5-6H2,1H3,(H,17,18)/t7-,9-/m1/s1.